The highest BCUT2D eigenvalue weighted by molar-refractivity contribution is 5.71. The molecular formula is C7H16N2O2. The Labute approximate surface area is 66.8 Å². The molecule has 0 bridgehead atoms. The summed E-state index contributed by atoms with van der Waals surface area (Å²) in [7, 11) is 0. The van der Waals surface area contributed by atoms with Gasteiger partial charge in [0.1, 0.15) is 0 Å². The number of nitrogens with one attached hydrogen (secondary N) is 1. The number of hydrogen-bond donors (Lipinski definition) is 3. The van der Waals surface area contributed by atoms with Crippen molar-refractivity contribution in [1.29, 1.82) is 0 Å². The van der Waals surface area contributed by atoms with E-state index < -0.39 is 6.03 Å². The van der Waals surface area contributed by atoms with Crippen LogP contribution in [0.15, 0.2) is 0 Å². The Morgan fingerprint density at radius 1 is 1.64 bits per heavy atom. The summed E-state index contributed by atoms with van der Waals surface area (Å²) < 4.78 is 0. The van der Waals surface area contributed by atoms with Crippen molar-refractivity contribution in [1.82, 2.24) is 5.32 Å². The standard InChI is InChI=1S/C7H16N2O2/c1-2-3-6(4-5-10)9-7(8)11/h6,10H,2-5H2,1H3,(H3,8,9,11). The molecule has 4 heteroatoms. The van der Waals surface area contributed by atoms with Crippen LogP contribution >= 0.6 is 0 Å². The number of rotatable bonds is 5. The van der Waals surface area contributed by atoms with E-state index in [0.29, 0.717) is 6.42 Å². The lowest BCUT2D eigenvalue weighted by atomic mass is 10.1. The predicted molar refractivity (Wildman–Crippen MR) is 43.1 cm³/mol. The molecule has 0 saturated heterocycles. The SMILES string of the molecule is CCCC(CCO)NC(N)=O. The molecule has 0 radical (unpaired) electrons. The summed E-state index contributed by atoms with van der Waals surface area (Å²) in [6.45, 7) is 2.11. The van der Waals surface area contributed by atoms with Gasteiger partial charge in [0.05, 0.1) is 0 Å². The van der Waals surface area contributed by atoms with Crippen LogP contribution in [0.1, 0.15) is 26.2 Å². The van der Waals surface area contributed by atoms with Crippen LogP contribution in [0.5, 0.6) is 0 Å². The van der Waals surface area contributed by atoms with Gasteiger partial charge in [0.2, 0.25) is 0 Å². The number of aliphatic hydroxyl groups excluding tert-OH is 1. The Bertz CT molecular complexity index is 111. The molecule has 0 heterocycles. The van der Waals surface area contributed by atoms with E-state index in [9.17, 15) is 4.79 Å². The Morgan fingerprint density at radius 2 is 2.27 bits per heavy atom. The van der Waals surface area contributed by atoms with Gasteiger partial charge in [0, 0.05) is 12.6 Å². The van der Waals surface area contributed by atoms with Crippen LogP contribution in [0.4, 0.5) is 4.79 Å². The van der Waals surface area contributed by atoms with E-state index in [1.807, 2.05) is 6.92 Å². The van der Waals surface area contributed by atoms with E-state index in [0.717, 1.165) is 12.8 Å². The zero-order valence-electron chi connectivity index (χ0n) is 6.84. The highest BCUT2D eigenvalue weighted by Gasteiger charge is 2.07. The molecule has 2 amide bonds. The molecule has 0 aromatic rings. The van der Waals surface area contributed by atoms with Gasteiger partial charge in [-0.2, -0.15) is 0 Å². The molecule has 1 unspecified atom stereocenters. The maximum absolute atomic E-state index is 10.4. The van der Waals surface area contributed by atoms with Crippen molar-refractivity contribution in [3.8, 4) is 0 Å². The molecular weight excluding hydrogens is 144 g/mol. The van der Waals surface area contributed by atoms with Gasteiger partial charge in [-0.1, -0.05) is 13.3 Å². The molecule has 1 atom stereocenters. The first-order valence-electron chi connectivity index (χ1n) is 3.87. The molecule has 0 aliphatic carbocycles. The van der Waals surface area contributed by atoms with Gasteiger partial charge in [-0.05, 0) is 12.8 Å². The summed E-state index contributed by atoms with van der Waals surface area (Å²) in [6, 6.07) is -0.487. The molecule has 0 spiro atoms. The minimum atomic E-state index is -0.517. The van der Waals surface area contributed by atoms with Crippen LogP contribution in [-0.4, -0.2) is 23.8 Å². The predicted octanol–water partition coefficient (Wildman–Crippen LogP) is 0.206. The largest absolute Gasteiger partial charge is 0.396 e. The number of carbonyl (C=O) groups is 1. The minimum absolute atomic E-state index is 0.0301. The topological polar surface area (TPSA) is 75.3 Å². The van der Waals surface area contributed by atoms with Crippen molar-refractivity contribution in [3.63, 3.8) is 0 Å². The fraction of sp³-hybridized carbons (Fsp3) is 0.857. The van der Waals surface area contributed by atoms with Gasteiger partial charge in [-0.3, -0.25) is 0 Å². The van der Waals surface area contributed by atoms with Crippen molar-refractivity contribution in [2.75, 3.05) is 6.61 Å². The zero-order valence-corrected chi connectivity index (χ0v) is 6.84. The number of nitrogens with two attached hydrogens (primary N) is 1. The van der Waals surface area contributed by atoms with Gasteiger partial charge < -0.3 is 16.2 Å². The van der Waals surface area contributed by atoms with E-state index in [4.69, 9.17) is 10.8 Å². The van der Waals surface area contributed by atoms with Gasteiger partial charge in [0.15, 0.2) is 0 Å². The van der Waals surface area contributed by atoms with E-state index in [-0.39, 0.29) is 12.6 Å². The fourth-order valence-electron chi connectivity index (χ4n) is 0.994. The molecule has 0 aliphatic rings. The molecule has 4 nitrogen and oxygen atoms in total. The monoisotopic (exact) mass is 160 g/mol. The lowest BCUT2D eigenvalue weighted by Crippen LogP contribution is -2.39. The van der Waals surface area contributed by atoms with Crippen LogP contribution < -0.4 is 11.1 Å². The molecule has 0 aromatic carbocycles. The third kappa shape index (κ3) is 5.66. The first-order valence-corrected chi connectivity index (χ1v) is 3.87. The first-order chi connectivity index (χ1) is 5.20. The minimum Gasteiger partial charge on any atom is -0.396 e. The van der Waals surface area contributed by atoms with E-state index >= 15 is 0 Å². The molecule has 4 N–H and O–H groups in total. The van der Waals surface area contributed by atoms with Crippen LogP contribution in [-0.2, 0) is 0 Å². The molecule has 0 aromatic heterocycles. The van der Waals surface area contributed by atoms with E-state index in [1.165, 1.54) is 0 Å². The van der Waals surface area contributed by atoms with Gasteiger partial charge >= 0.3 is 6.03 Å². The molecule has 11 heavy (non-hydrogen) atoms. The Kier molecular flexibility index (Phi) is 5.56. The molecule has 66 valence electrons. The number of urea groups is 1. The summed E-state index contributed by atoms with van der Waals surface area (Å²) in [5, 5.41) is 11.1. The quantitative estimate of drug-likeness (QED) is 0.537. The summed E-state index contributed by atoms with van der Waals surface area (Å²) in [5.41, 5.74) is 4.92. The molecule has 0 aliphatic heterocycles. The van der Waals surface area contributed by atoms with Crippen LogP contribution in [0.3, 0.4) is 0 Å². The number of hydrogen-bond acceptors (Lipinski definition) is 2. The second kappa shape index (κ2) is 5.97. The average molecular weight is 160 g/mol. The van der Waals surface area contributed by atoms with E-state index in [1.54, 1.807) is 0 Å². The number of amides is 2. The zero-order chi connectivity index (χ0) is 8.69. The summed E-state index contributed by atoms with van der Waals surface area (Å²) in [5.74, 6) is 0. The lowest BCUT2D eigenvalue weighted by molar-refractivity contribution is 0.234. The van der Waals surface area contributed by atoms with Crippen LogP contribution in [0.25, 0.3) is 0 Å². The maximum Gasteiger partial charge on any atom is 0.312 e. The molecule has 0 rings (SSSR count). The summed E-state index contributed by atoms with van der Waals surface area (Å²) in [4.78, 5) is 10.4. The van der Waals surface area contributed by atoms with Crippen molar-refractivity contribution in [3.05, 3.63) is 0 Å². The second-order valence-electron chi connectivity index (χ2n) is 2.51. The maximum atomic E-state index is 10.4. The van der Waals surface area contributed by atoms with E-state index in [2.05, 4.69) is 5.32 Å². The van der Waals surface area contributed by atoms with Crippen LogP contribution in [0, 0.1) is 0 Å². The number of primary amides is 1. The van der Waals surface area contributed by atoms with Gasteiger partial charge in [-0.15, -0.1) is 0 Å². The Hall–Kier alpha value is -0.770. The highest BCUT2D eigenvalue weighted by Crippen LogP contribution is 1.99. The van der Waals surface area contributed by atoms with Crippen molar-refractivity contribution >= 4 is 6.03 Å². The van der Waals surface area contributed by atoms with Gasteiger partial charge in [0.25, 0.3) is 0 Å². The Morgan fingerprint density at radius 3 is 2.64 bits per heavy atom. The second-order valence-corrected chi connectivity index (χ2v) is 2.51. The smallest absolute Gasteiger partial charge is 0.312 e. The average Bonchev–Trinajstić information content (AvgIpc) is 1.87. The van der Waals surface area contributed by atoms with Crippen LogP contribution in [0.2, 0.25) is 0 Å². The summed E-state index contributed by atoms with van der Waals surface area (Å²) >= 11 is 0. The summed E-state index contributed by atoms with van der Waals surface area (Å²) in [6.07, 6.45) is 2.42. The number of carbonyl (C=O) groups excluding carboxylic acids is 1. The molecule has 0 saturated carbocycles. The van der Waals surface area contributed by atoms with Crippen molar-refractivity contribution < 1.29 is 9.90 Å². The fourth-order valence-corrected chi connectivity index (χ4v) is 0.994. The highest BCUT2D eigenvalue weighted by atomic mass is 16.3. The number of aliphatic hydroxyl groups is 1. The third-order valence-corrected chi connectivity index (χ3v) is 1.46. The van der Waals surface area contributed by atoms with Crippen molar-refractivity contribution in [2.24, 2.45) is 5.73 Å². The Balaban J connectivity index is 3.59. The third-order valence-electron chi connectivity index (χ3n) is 1.46. The molecule has 0 fully saturated rings. The van der Waals surface area contributed by atoms with Gasteiger partial charge in [-0.25, -0.2) is 4.79 Å². The lowest BCUT2D eigenvalue weighted by Gasteiger charge is -2.14. The first kappa shape index (κ1) is 10.2. The normalized spacial score (nSPS) is 12.5. The van der Waals surface area contributed by atoms with Crippen molar-refractivity contribution in [2.45, 2.75) is 32.2 Å².